The number of nitrogens with zero attached hydrogens (tertiary/aromatic N) is 4. The molecule has 1 amide bonds. The first kappa shape index (κ1) is 22.9. The predicted octanol–water partition coefficient (Wildman–Crippen LogP) is 3.35. The van der Waals surface area contributed by atoms with Crippen LogP contribution >= 0.6 is 11.8 Å². The number of benzene rings is 1. The second-order valence-electron chi connectivity index (χ2n) is 7.57. The fourth-order valence-corrected chi connectivity index (χ4v) is 3.97. The maximum Gasteiger partial charge on any atom is 0.282 e. The van der Waals surface area contributed by atoms with Crippen molar-refractivity contribution >= 4 is 34.5 Å². The van der Waals surface area contributed by atoms with Crippen molar-refractivity contribution in [3.8, 4) is 0 Å². The van der Waals surface area contributed by atoms with E-state index in [4.69, 9.17) is 4.74 Å². The van der Waals surface area contributed by atoms with Gasteiger partial charge in [-0.3, -0.25) is 14.2 Å². The van der Waals surface area contributed by atoms with E-state index in [0.29, 0.717) is 24.7 Å². The van der Waals surface area contributed by atoms with Crippen LogP contribution in [0.2, 0.25) is 0 Å². The van der Waals surface area contributed by atoms with Crippen LogP contribution in [0.25, 0.3) is 11.2 Å². The fraction of sp³-hybridized carbons (Fsp3) is 0.409. The third-order valence-corrected chi connectivity index (χ3v) is 5.35. The van der Waals surface area contributed by atoms with E-state index < -0.39 is 0 Å². The molecule has 2 aromatic heterocycles. The van der Waals surface area contributed by atoms with Gasteiger partial charge >= 0.3 is 0 Å². The standard InChI is InChI=1S/C22H27N5O3S/c1-14(2)30-9-5-8-27-21(29)19-20(24-7-6-23-19)26-22(27)31-13-18(28)25-17-11-15(3)10-16(4)12-17/h6-7,10-12,14H,5,8-9,13H2,1-4H3,(H,25,28). The molecule has 1 aromatic carbocycles. The molecular formula is C22H27N5O3S. The predicted molar refractivity (Wildman–Crippen MR) is 123 cm³/mol. The number of fused-ring (bicyclic) bond motifs is 1. The van der Waals surface area contributed by atoms with Crippen molar-refractivity contribution in [2.24, 2.45) is 0 Å². The largest absolute Gasteiger partial charge is 0.379 e. The first-order chi connectivity index (χ1) is 14.8. The number of nitrogens with one attached hydrogen (secondary N) is 1. The smallest absolute Gasteiger partial charge is 0.282 e. The quantitative estimate of drug-likeness (QED) is 0.309. The summed E-state index contributed by atoms with van der Waals surface area (Å²) < 4.78 is 7.13. The third kappa shape index (κ3) is 6.35. The number of hydrogen-bond acceptors (Lipinski definition) is 7. The van der Waals surface area contributed by atoms with Gasteiger partial charge in [-0.2, -0.15) is 0 Å². The zero-order chi connectivity index (χ0) is 22.4. The SMILES string of the molecule is Cc1cc(C)cc(NC(=O)CSc2nc3nccnc3c(=O)n2CCCOC(C)C)c1. The molecule has 0 fully saturated rings. The number of carbonyl (C=O) groups is 1. The highest BCUT2D eigenvalue weighted by atomic mass is 32.2. The van der Waals surface area contributed by atoms with Crippen molar-refractivity contribution < 1.29 is 9.53 Å². The minimum atomic E-state index is -0.264. The minimum absolute atomic E-state index is 0.119. The molecule has 9 heteroatoms. The Kier molecular flexibility index (Phi) is 7.75. The van der Waals surface area contributed by atoms with Gasteiger partial charge < -0.3 is 10.1 Å². The Morgan fingerprint density at radius 2 is 1.87 bits per heavy atom. The average Bonchev–Trinajstić information content (AvgIpc) is 2.70. The highest BCUT2D eigenvalue weighted by molar-refractivity contribution is 7.99. The van der Waals surface area contributed by atoms with Gasteiger partial charge in [-0.1, -0.05) is 17.8 Å². The van der Waals surface area contributed by atoms with E-state index in [-0.39, 0.29) is 34.5 Å². The summed E-state index contributed by atoms with van der Waals surface area (Å²) in [5.74, 6) is -0.0496. The second-order valence-corrected chi connectivity index (χ2v) is 8.51. The van der Waals surface area contributed by atoms with Gasteiger partial charge in [0.1, 0.15) is 0 Å². The van der Waals surface area contributed by atoms with Crippen LogP contribution in [0.1, 0.15) is 31.4 Å². The monoisotopic (exact) mass is 441 g/mol. The molecule has 0 bridgehead atoms. The summed E-state index contributed by atoms with van der Waals surface area (Å²) in [4.78, 5) is 38.2. The molecule has 1 N–H and O–H groups in total. The molecule has 3 rings (SSSR count). The van der Waals surface area contributed by atoms with E-state index in [9.17, 15) is 9.59 Å². The number of anilines is 1. The van der Waals surface area contributed by atoms with Crippen LogP contribution in [0, 0.1) is 13.8 Å². The van der Waals surface area contributed by atoms with Crippen LogP contribution in [-0.4, -0.2) is 43.9 Å². The number of hydrogen-bond donors (Lipinski definition) is 1. The van der Waals surface area contributed by atoms with Crippen molar-refractivity contribution in [3.63, 3.8) is 0 Å². The summed E-state index contributed by atoms with van der Waals surface area (Å²) in [6.45, 7) is 8.86. The summed E-state index contributed by atoms with van der Waals surface area (Å²) in [7, 11) is 0. The molecule has 8 nitrogen and oxygen atoms in total. The van der Waals surface area contributed by atoms with Crippen molar-refractivity contribution in [1.82, 2.24) is 19.5 Å². The molecule has 0 aliphatic rings. The van der Waals surface area contributed by atoms with Crippen molar-refractivity contribution in [2.75, 3.05) is 17.7 Å². The molecule has 0 unspecified atom stereocenters. The number of ether oxygens (including phenoxy) is 1. The van der Waals surface area contributed by atoms with Gasteiger partial charge in [0, 0.05) is 31.2 Å². The number of aryl methyl sites for hydroxylation is 2. The van der Waals surface area contributed by atoms with E-state index in [1.54, 1.807) is 4.57 Å². The van der Waals surface area contributed by atoms with Gasteiger partial charge in [0.05, 0.1) is 11.9 Å². The second kappa shape index (κ2) is 10.5. The Hall–Kier alpha value is -2.78. The van der Waals surface area contributed by atoms with E-state index in [0.717, 1.165) is 16.8 Å². The summed E-state index contributed by atoms with van der Waals surface area (Å²) in [5.41, 5.74) is 3.14. The molecule has 0 atom stereocenters. The first-order valence-corrected chi connectivity index (χ1v) is 11.2. The molecule has 0 aliphatic heterocycles. The lowest BCUT2D eigenvalue weighted by atomic mass is 10.1. The molecule has 2 heterocycles. The Balaban J connectivity index is 1.76. The lowest BCUT2D eigenvalue weighted by Crippen LogP contribution is -2.26. The highest BCUT2D eigenvalue weighted by Crippen LogP contribution is 2.18. The minimum Gasteiger partial charge on any atom is -0.379 e. The maximum absolute atomic E-state index is 13.0. The molecule has 0 radical (unpaired) electrons. The van der Waals surface area contributed by atoms with E-state index >= 15 is 0 Å². The van der Waals surface area contributed by atoms with Crippen LogP contribution in [0.4, 0.5) is 5.69 Å². The molecular weight excluding hydrogens is 414 g/mol. The number of rotatable bonds is 9. The summed E-state index contributed by atoms with van der Waals surface area (Å²) in [6, 6.07) is 5.89. The number of amides is 1. The Morgan fingerprint density at radius 3 is 2.58 bits per heavy atom. The lowest BCUT2D eigenvalue weighted by Gasteiger charge is -2.13. The van der Waals surface area contributed by atoms with Crippen LogP contribution < -0.4 is 10.9 Å². The van der Waals surface area contributed by atoms with Crippen molar-refractivity contribution in [3.05, 3.63) is 52.1 Å². The van der Waals surface area contributed by atoms with Gasteiger partial charge in [-0.05, 0) is 57.4 Å². The molecule has 0 saturated carbocycles. The highest BCUT2D eigenvalue weighted by Gasteiger charge is 2.15. The number of aromatic nitrogens is 4. The topological polar surface area (TPSA) is 99.0 Å². The molecule has 0 aliphatic carbocycles. The zero-order valence-electron chi connectivity index (χ0n) is 18.2. The Morgan fingerprint density at radius 1 is 1.16 bits per heavy atom. The summed E-state index contributed by atoms with van der Waals surface area (Å²) in [5, 5.41) is 3.35. The van der Waals surface area contributed by atoms with Crippen molar-refractivity contribution in [1.29, 1.82) is 0 Å². The van der Waals surface area contributed by atoms with Gasteiger partial charge in [0.15, 0.2) is 16.3 Å². The van der Waals surface area contributed by atoms with E-state index in [2.05, 4.69) is 20.3 Å². The van der Waals surface area contributed by atoms with Gasteiger partial charge in [-0.25, -0.2) is 15.0 Å². The fourth-order valence-electron chi connectivity index (χ4n) is 3.15. The van der Waals surface area contributed by atoms with Crippen LogP contribution in [0.5, 0.6) is 0 Å². The van der Waals surface area contributed by atoms with E-state index in [1.165, 1.54) is 24.2 Å². The van der Waals surface area contributed by atoms with Gasteiger partial charge in [0.25, 0.3) is 5.56 Å². The van der Waals surface area contributed by atoms with E-state index in [1.807, 2.05) is 45.9 Å². The number of carbonyl (C=O) groups excluding carboxylic acids is 1. The average molecular weight is 442 g/mol. The molecule has 0 saturated heterocycles. The number of thioether (sulfide) groups is 1. The zero-order valence-corrected chi connectivity index (χ0v) is 19.0. The van der Waals surface area contributed by atoms with Crippen molar-refractivity contribution in [2.45, 2.75) is 51.9 Å². The molecule has 3 aromatic rings. The van der Waals surface area contributed by atoms with Crippen LogP contribution in [0.3, 0.4) is 0 Å². The Bertz CT molecular complexity index is 1110. The first-order valence-electron chi connectivity index (χ1n) is 10.2. The maximum atomic E-state index is 13.0. The lowest BCUT2D eigenvalue weighted by molar-refractivity contribution is -0.113. The molecule has 164 valence electrons. The Labute approximate surface area is 185 Å². The van der Waals surface area contributed by atoms with Gasteiger partial charge in [0.2, 0.25) is 5.91 Å². The summed E-state index contributed by atoms with van der Waals surface area (Å²) >= 11 is 1.21. The van der Waals surface area contributed by atoms with Crippen LogP contribution in [-0.2, 0) is 16.1 Å². The normalized spacial score (nSPS) is 11.3. The summed E-state index contributed by atoms with van der Waals surface area (Å²) in [6.07, 6.45) is 3.74. The molecule has 31 heavy (non-hydrogen) atoms. The molecule has 0 spiro atoms. The van der Waals surface area contributed by atoms with Crippen LogP contribution in [0.15, 0.2) is 40.5 Å². The van der Waals surface area contributed by atoms with Gasteiger partial charge in [-0.15, -0.1) is 0 Å². The third-order valence-electron chi connectivity index (χ3n) is 4.37.